The van der Waals surface area contributed by atoms with Gasteiger partial charge in [0.05, 0.1) is 5.56 Å². The fourth-order valence-corrected chi connectivity index (χ4v) is 1.64. The predicted octanol–water partition coefficient (Wildman–Crippen LogP) is 2.95. The Kier molecular flexibility index (Phi) is 5.65. The maximum atomic E-state index is 11.7. The van der Waals surface area contributed by atoms with Crippen LogP contribution in [0.2, 0.25) is 0 Å². The molecule has 0 saturated heterocycles. The van der Waals surface area contributed by atoms with Crippen LogP contribution in [0.5, 0.6) is 0 Å². The van der Waals surface area contributed by atoms with Gasteiger partial charge < -0.3 is 9.64 Å². The quantitative estimate of drug-likeness (QED) is 0.783. The molecule has 0 aromatic heterocycles. The molecular formula is C13H18BrNO2. The SMILES string of the molecule is CC(C)N(C)CCOC(=O)c1cccc(Br)c1. The van der Waals surface area contributed by atoms with Crippen molar-refractivity contribution in [2.24, 2.45) is 0 Å². The molecule has 0 fully saturated rings. The number of rotatable bonds is 5. The van der Waals surface area contributed by atoms with Gasteiger partial charge in [0.15, 0.2) is 0 Å². The molecule has 0 aliphatic carbocycles. The fraction of sp³-hybridized carbons (Fsp3) is 0.462. The van der Waals surface area contributed by atoms with E-state index in [1.54, 1.807) is 12.1 Å². The Morgan fingerprint density at radius 1 is 1.47 bits per heavy atom. The van der Waals surface area contributed by atoms with Crippen molar-refractivity contribution >= 4 is 21.9 Å². The molecule has 0 heterocycles. The van der Waals surface area contributed by atoms with E-state index >= 15 is 0 Å². The molecule has 3 nitrogen and oxygen atoms in total. The van der Waals surface area contributed by atoms with Crippen molar-refractivity contribution in [2.75, 3.05) is 20.2 Å². The number of esters is 1. The van der Waals surface area contributed by atoms with Crippen LogP contribution in [0.3, 0.4) is 0 Å². The van der Waals surface area contributed by atoms with Gasteiger partial charge in [0.2, 0.25) is 0 Å². The van der Waals surface area contributed by atoms with Crippen LogP contribution >= 0.6 is 15.9 Å². The summed E-state index contributed by atoms with van der Waals surface area (Å²) in [5, 5.41) is 0. The summed E-state index contributed by atoms with van der Waals surface area (Å²) in [6.07, 6.45) is 0. The number of hydrogen-bond donors (Lipinski definition) is 0. The van der Waals surface area contributed by atoms with Gasteiger partial charge in [-0.1, -0.05) is 22.0 Å². The van der Waals surface area contributed by atoms with Gasteiger partial charge in [-0.2, -0.15) is 0 Å². The molecule has 0 aliphatic heterocycles. The zero-order valence-electron chi connectivity index (χ0n) is 10.4. The molecule has 1 aromatic carbocycles. The highest BCUT2D eigenvalue weighted by Crippen LogP contribution is 2.12. The zero-order chi connectivity index (χ0) is 12.8. The molecule has 0 atom stereocenters. The predicted molar refractivity (Wildman–Crippen MR) is 72.2 cm³/mol. The number of hydrogen-bond acceptors (Lipinski definition) is 3. The summed E-state index contributed by atoms with van der Waals surface area (Å²) < 4.78 is 6.08. The van der Waals surface area contributed by atoms with Gasteiger partial charge in [-0.05, 0) is 39.1 Å². The molecule has 94 valence electrons. The normalized spacial score (nSPS) is 10.9. The number of nitrogens with zero attached hydrogens (tertiary/aromatic N) is 1. The molecule has 0 aliphatic rings. The third kappa shape index (κ3) is 4.88. The lowest BCUT2D eigenvalue weighted by atomic mass is 10.2. The van der Waals surface area contributed by atoms with Gasteiger partial charge in [-0.15, -0.1) is 0 Å². The maximum absolute atomic E-state index is 11.7. The van der Waals surface area contributed by atoms with Gasteiger partial charge in [-0.25, -0.2) is 4.79 Å². The molecule has 0 radical (unpaired) electrons. The lowest BCUT2D eigenvalue weighted by Gasteiger charge is -2.20. The van der Waals surface area contributed by atoms with E-state index in [9.17, 15) is 4.79 Å². The molecule has 1 aromatic rings. The smallest absolute Gasteiger partial charge is 0.338 e. The Morgan fingerprint density at radius 2 is 2.18 bits per heavy atom. The van der Waals surface area contributed by atoms with Crippen molar-refractivity contribution in [1.82, 2.24) is 4.90 Å². The Bertz CT molecular complexity index is 379. The van der Waals surface area contributed by atoms with Crippen LogP contribution in [0.4, 0.5) is 0 Å². The van der Waals surface area contributed by atoms with Crippen LogP contribution in [0.25, 0.3) is 0 Å². The van der Waals surface area contributed by atoms with E-state index in [0.29, 0.717) is 18.2 Å². The van der Waals surface area contributed by atoms with E-state index in [0.717, 1.165) is 11.0 Å². The number of likely N-dealkylation sites (N-methyl/N-ethyl adjacent to an activating group) is 1. The summed E-state index contributed by atoms with van der Waals surface area (Å²) in [5.41, 5.74) is 0.576. The molecule has 0 spiro atoms. The summed E-state index contributed by atoms with van der Waals surface area (Å²) in [6.45, 7) is 5.38. The van der Waals surface area contributed by atoms with E-state index in [1.807, 2.05) is 19.2 Å². The lowest BCUT2D eigenvalue weighted by molar-refractivity contribution is 0.0461. The minimum atomic E-state index is -0.275. The van der Waals surface area contributed by atoms with E-state index in [1.165, 1.54) is 0 Å². The molecule has 0 amide bonds. The second-order valence-corrected chi connectivity index (χ2v) is 5.14. The first-order valence-electron chi connectivity index (χ1n) is 5.63. The van der Waals surface area contributed by atoms with Gasteiger partial charge in [0, 0.05) is 17.1 Å². The lowest BCUT2D eigenvalue weighted by Crippen LogP contribution is -2.30. The molecule has 1 rings (SSSR count). The Hall–Kier alpha value is -0.870. The molecule has 17 heavy (non-hydrogen) atoms. The summed E-state index contributed by atoms with van der Waals surface area (Å²) in [6, 6.07) is 7.66. The van der Waals surface area contributed by atoms with Crippen LogP contribution in [0.1, 0.15) is 24.2 Å². The third-order valence-electron chi connectivity index (χ3n) is 2.62. The van der Waals surface area contributed by atoms with Crippen molar-refractivity contribution < 1.29 is 9.53 Å². The third-order valence-corrected chi connectivity index (χ3v) is 3.11. The highest BCUT2D eigenvalue weighted by Gasteiger charge is 2.08. The first kappa shape index (κ1) is 14.2. The fourth-order valence-electron chi connectivity index (χ4n) is 1.24. The number of ether oxygens (including phenoxy) is 1. The van der Waals surface area contributed by atoms with Crippen LogP contribution in [-0.2, 0) is 4.74 Å². The standard InChI is InChI=1S/C13H18BrNO2/c1-10(2)15(3)7-8-17-13(16)11-5-4-6-12(14)9-11/h4-6,9-10H,7-8H2,1-3H3. The van der Waals surface area contributed by atoms with Crippen LogP contribution in [0, 0.1) is 0 Å². The van der Waals surface area contributed by atoms with E-state index in [-0.39, 0.29) is 5.97 Å². The topological polar surface area (TPSA) is 29.5 Å². The Morgan fingerprint density at radius 3 is 2.76 bits per heavy atom. The zero-order valence-corrected chi connectivity index (χ0v) is 12.0. The maximum Gasteiger partial charge on any atom is 0.338 e. The van der Waals surface area contributed by atoms with Crippen molar-refractivity contribution in [3.8, 4) is 0 Å². The second kappa shape index (κ2) is 6.77. The second-order valence-electron chi connectivity index (χ2n) is 4.22. The van der Waals surface area contributed by atoms with Crippen molar-refractivity contribution in [3.63, 3.8) is 0 Å². The minimum Gasteiger partial charge on any atom is -0.461 e. The first-order valence-corrected chi connectivity index (χ1v) is 6.43. The van der Waals surface area contributed by atoms with Crippen molar-refractivity contribution in [3.05, 3.63) is 34.3 Å². The monoisotopic (exact) mass is 299 g/mol. The summed E-state index contributed by atoms with van der Waals surface area (Å²) in [7, 11) is 2.01. The molecule has 4 heteroatoms. The first-order chi connectivity index (χ1) is 8.00. The van der Waals surface area contributed by atoms with Gasteiger partial charge in [0.1, 0.15) is 6.61 Å². The molecule has 0 N–H and O–H groups in total. The average molecular weight is 300 g/mol. The van der Waals surface area contributed by atoms with Crippen LogP contribution in [-0.4, -0.2) is 37.1 Å². The molecule has 0 saturated carbocycles. The number of carbonyl (C=O) groups is 1. The van der Waals surface area contributed by atoms with Crippen LogP contribution < -0.4 is 0 Å². The van der Waals surface area contributed by atoms with E-state index in [4.69, 9.17) is 4.74 Å². The molecule has 0 bridgehead atoms. The Balaban J connectivity index is 2.40. The van der Waals surface area contributed by atoms with E-state index < -0.39 is 0 Å². The largest absolute Gasteiger partial charge is 0.461 e. The number of carbonyl (C=O) groups excluding carboxylic acids is 1. The average Bonchev–Trinajstić information content (AvgIpc) is 2.28. The minimum absolute atomic E-state index is 0.275. The van der Waals surface area contributed by atoms with Gasteiger partial charge >= 0.3 is 5.97 Å². The van der Waals surface area contributed by atoms with Gasteiger partial charge in [-0.3, -0.25) is 0 Å². The summed E-state index contributed by atoms with van der Waals surface area (Å²) >= 11 is 3.32. The van der Waals surface area contributed by atoms with Crippen molar-refractivity contribution in [2.45, 2.75) is 19.9 Å². The Labute approximate surface area is 111 Å². The highest BCUT2D eigenvalue weighted by atomic mass is 79.9. The van der Waals surface area contributed by atoms with Crippen LogP contribution in [0.15, 0.2) is 28.7 Å². The molecule has 0 unspecified atom stereocenters. The number of benzene rings is 1. The summed E-state index contributed by atoms with van der Waals surface area (Å²) in [5.74, 6) is -0.275. The molecular weight excluding hydrogens is 282 g/mol. The highest BCUT2D eigenvalue weighted by molar-refractivity contribution is 9.10. The van der Waals surface area contributed by atoms with E-state index in [2.05, 4.69) is 34.7 Å². The number of halogens is 1. The van der Waals surface area contributed by atoms with Gasteiger partial charge in [0.25, 0.3) is 0 Å². The summed E-state index contributed by atoms with van der Waals surface area (Å²) in [4.78, 5) is 13.8. The van der Waals surface area contributed by atoms with Crippen molar-refractivity contribution in [1.29, 1.82) is 0 Å².